The smallest absolute Gasteiger partial charge is 0.407 e. The Labute approximate surface area is 136 Å². The largest absolute Gasteiger partial charge is 0.444 e. The minimum Gasteiger partial charge on any atom is -0.444 e. The molecule has 0 spiro atoms. The molecule has 3 N–H and O–H groups in total. The van der Waals surface area contributed by atoms with Crippen LogP contribution < -0.4 is 5.32 Å². The van der Waals surface area contributed by atoms with Gasteiger partial charge in [0.05, 0.1) is 17.7 Å². The Morgan fingerprint density at radius 1 is 1.39 bits per heavy atom. The molecule has 0 bridgehead atoms. The van der Waals surface area contributed by atoms with Gasteiger partial charge in [0.2, 0.25) is 0 Å². The molecule has 1 aromatic rings. The quantitative estimate of drug-likeness (QED) is 0.771. The number of nitrogens with zero attached hydrogens (tertiary/aromatic N) is 1. The molecule has 6 nitrogen and oxygen atoms in total. The highest BCUT2D eigenvalue weighted by Crippen LogP contribution is 2.23. The average molecular weight is 320 g/mol. The van der Waals surface area contributed by atoms with Gasteiger partial charge in [0.1, 0.15) is 11.7 Å². The number of amides is 1. The number of nitrogens with one attached hydrogen (secondary N) is 1. The molecule has 23 heavy (non-hydrogen) atoms. The van der Waals surface area contributed by atoms with Crippen molar-refractivity contribution in [3.05, 3.63) is 34.9 Å². The molecule has 0 fully saturated rings. The van der Waals surface area contributed by atoms with Gasteiger partial charge in [0, 0.05) is 6.54 Å². The van der Waals surface area contributed by atoms with E-state index >= 15 is 0 Å². The molecule has 1 rings (SSSR count). The van der Waals surface area contributed by atoms with E-state index in [1.807, 2.05) is 6.07 Å². The van der Waals surface area contributed by atoms with Gasteiger partial charge in [-0.2, -0.15) is 5.26 Å². The standard InChI is InChI=1S/C17H24N2O4/c1-11-9-12(10-18)5-6-13(11)15(21)14(20)7-8-19-16(22)23-17(2,3)4/h5-6,9,14-15,20-21H,7-8H2,1-4H3,(H,19,22). The van der Waals surface area contributed by atoms with E-state index in [-0.39, 0.29) is 13.0 Å². The maximum Gasteiger partial charge on any atom is 0.407 e. The Morgan fingerprint density at radius 2 is 2.04 bits per heavy atom. The van der Waals surface area contributed by atoms with Crippen LogP contribution in [0.1, 0.15) is 50.0 Å². The van der Waals surface area contributed by atoms with Crippen molar-refractivity contribution < 1.29 is 19.7 Å². The number of hydrogen-bond acceptors (Lipinski definition) is 5. The van der Waals surface area contributed by atoms with Crippen molar-refractivity contribution in [1.82, 2.24) is 5.32 Å². The summed E-state index contributed by atoms with van der Waals surface area (Å²) >= 11 is 0. The molecular formula is C17H24N2O4. The zero-order chi connectivity index (χ0) is 17.6. The van der Waals surface area contributed by atoms with E-state index < -0.39 is 23.9 Å². The molecule has 0 heterocycles. The Kier molecular flexibility index (Phi) is 6.55. The summed E-state index contributed by atoms with van der Waals surface area (Å²) < 4.78 is 5.08. The lowest BCUT2D eigenvalue weighted by atomic mass is 9.96. The molecule has 2 atom stereocenters. The molecule has 126 valence electrons. The van der Waals surface area contributed by atoms with Crippen LogP contribution in [0.5, 0.6) is 0 Å². The highest BCUT2D eigenvalue weighted by atomic mass is 16.6. The van der Waals surface area contributed by atoms with Gasteiger partial charge in [-0.25, -0.2) is 4.79 Å². The van der Waals surface area contributed by atoms with Crippen molar-refractivity contribution in [2.24, 2.45) is 0 Å². The Morgan fingerprint density at radius 3 is 2.57 bits per heavy atom. The van der Waals surface area contributed by atoms with Crippen molar-refractivity contribution in [2.45, 2.75) is 51.9 Å². The van der Waals surface area contributed by atoms with Crippen molar-refractivity contribution >= 4 is 6.09 Å². The maximum atomic E-state index is 11.5. The first-order chi connectivity index (χ1) is 10.6. The third-order valence-electron chi connectivity index (χ3n) is 3.19. The summed E-state index contributed by atoms with van der Waals surface area (Å²) in [6, 6.07) is 6.90. The first kappa shape index (κ1) is 18.9. The third-order valence-corrected chi connectivity index (χ3v) is 3.19. The van der Waals surface area contributed by atoms with Gasteiger partial charge < -0.3 is 20.3 Å². The second-order valence-corrected chi connectivity index (χ2v) is 6.41. The Balaban J connectivity index is 2.53. The van der Waals surface area contributed by atoms with Crippen LogP contribution in [0.3, 0.4) is 0 Å². The van der Waals surface area contributed by atoms with Gasteiger partial charge in [0.15, 0.2) is 0 Å². The number of rotatable bonds is 5. The molecule has 0 saturated heterocycles. The van der Waals surface area contributed by atoms with Gasteiger partial charge >= 0.3 is 6.09 Å². The first-order valence-electron chi connectivity index (χ1n) is 7.47. The summed E-state index contributed by atoms with van der Waals surface area (Å²) in [6.45, 7) is 7.24. The normalized spacial score (nSPS) is 13.8. The first-order valence-corrected chi connectivity index (χ1v) is 7.47. The maximum absolute atomic E-state index is 11.5. The topological polar surface area (TPSA) is 103 Å². The van der Waals surface area contributed by atoms with Crippen molar-refractivity contribution in [1.29, 1.82) is 5.26 Å². The van der Waals surface area contributed by atoms with Crippen molar-refractivity contribution in [2.75, 3.05) is 6.54 Å². The molecule has 6 heteroatoms. The Bertz CT molecular complexity index is 587. The number of aliphatic hydroxyl groups excluding tert-OH is 2. The number of aliphatic hydroxyl groups is 2. The highest BCUT2D eigenvalue weighted by Gasteiger charge is 2.21. The van der Waals surface area contributed by atoms with E-state index in [1.165, 1.54) is 0 Å². The molecule has 2 unspecified atom stereocenters. The second-order valence-electron chi connectivity index (χ2n) is 6.41. The summed E-state index contributed by atoms with van der Waals surface area (Å²) in [7, 11) is 0. The number of alkyl carbamates (subject to hydrolysis) is 1. The van der Waals surface area contributed by atoms with Crippen LogP contribution in [0.4, 0.5) is 4.79 Å². The molecule has 0 aromatic heterocycles. The summed E-state index contributed by atoms with van der Waals surface area (Å²) in [6.07, 6.45) is -2.49. The number of carbonyl (C=O) groups is 1. The average Bonchev–Trinajstić information content (AvgIpc) is 2.44. The van der Waals surface area contributed by atoms with Crippen LogP contribution in [0.15, 0.2) is 18.2 Å². The van der Waals surface area contributed by atoms with E-state index in [1.54, 1.807) is 45.9 Å². The molecule has 0 aliphatic rings. The summed E-state index contributed by atoms with van der Waals surface area (Å²) in [5.74, 6) is 0. The van der Waals surface area contributed by atoms with Gasteiger partial charge in [-0.3, -0.25) is 0 Å². The van der Waals surface area contributed by atoms with E-state index in [2.05, 4.69) is 5.32 Å². The lowest BCUT2D eigenvalue weighted by Crippen LogP contribution is -2.34. The van der Waals surface area contributed by atoms with Crippen LogP contribution in [-0.2, 0) is 4.74 Å². The monoisotopic (exact) mass is 320 g/mol. The van der Waals surface area contributed by atoms with E-state index in [0.717, 1.165) is 5.56 Å². The van der Waals surface area contributed by atoms with Crippen LogP contribution in [0.2, 0.25) is 0 Å². The zero-order valence-electron chi connectivity index (χ0n) is 14.0. The van der Waals surface area contributed by atoms with E-state index in [0.29, 0.717) is 11.1 Å². The molecular weight excluding hydrogens is 296 g/mol. The number of aryl methyl sites for hydroxylation is 1. The van der Waals surface area contributed by atoms with Crippen molar-refractivity contribution in [3.63, 3.8) is 0 Å². The fraction of sp³-hybridized carbons (Fsp3) is 0.529. The molecule has 1 amide bonds. The highest BCUT2D eigenvalue weighted by molar-refractivity contribution is 5.67. The molecule has 0 aliphatic carbocycles. The minimum atomic E-state index is -1.08. The summed E-state index contributed by atoms with van der Waals surface area (Å²) in [5, 5.41) is 31.6. The third kappa shape index (κ3) is 6.27. The van der Waals surface area contributed by atoms with Crippen LogP contribution in [0.25, 0.3) is 0 Å². The number of hydrogen-bond donors (Lipinski definition) is 3. The van der Waals surface area contributed by atoms with Gasteiger partial charge in [-0.1, -0.05) is 6.07 Å². The zero-order valence-corrected chi connectivity index (χ0v) is 14.0. The van der Waals surface area contributed by atoms with Gasteiger partial charge in [-0.15, -0.1) is 0 Å². The van der Waals surface area contributed by atoms with Crippen LogP contribution in [-0.4, -0.2) is 34.6 Å². The van der Waals surface area contributed by atoms with E-state index in [9.17, 15) is 15.0 Å². The molecule has 0 saturated carbocycles. The fourth-order valence-corrected chi connectivity index (χ4v) is 2.08. The lowest BCUT2D eigenvalue weighted by Gasteiger charge is -2.22. The predicted molar refractivity (Wildman–Crippen MR) is 85.7 cm³/mol. The fourth-order valence-electron chi connectivity index (χ4n) is 2.08. The molecule has 0 aliphatic heterocycles. The van der Waals surface area contributed by atoms with E-state index in [4.69, 9.17) is 10.00 Å². The molecule has 1 aromatic carbocycles. The number of benzene rings is 1. The van der Waals surface area contributed by atoms with Gasteiger partial charge in [-0.05, 0) is 57.4 Å². The number of ether oxygens (including phenoxy) is 1. The van der Waals surface area contributed by atoms with Crippen LogP contribution >= 0.6 is 0 Å². The predicted octanol–water partition coefficient (Wildman–Crippen LogP) is 2.18. The second kappa shape index (κ2) is 7.95. The van der Waals surface area contributed by atoms with Crippen molar-refractivity contribution in [3.8, 4) is 6.07 Å². The number of carbonyl (C=O) groups excluding carboxylic acids is 1. The summed E-state index contributed by atoms with van der Waals surface area (Å²) in [5.41, 5.74) is 1.21. The SMILES string of the molecule is Cc1cc(C#N)ccc1C(O)C(O)CCNC(=O)OC(C)(C)C. The Hall–Kier alpha value is -2.10. The minimum absolute atomic E-state index is 0.180. The summed E-state index contributed by atoms with van der Waals surface area (Å²) in [4.78, 5) is 11.5. The lowest BCUT2D eigenvalue weighted by molar-refractivity contribution is 0.0119. The molecule has 0 radical (unpaired) electrons. The van der Waals surface area contributed by atoms with Gasteiger partial charge in [0.25, 0.3) is 0 Å². The number of nitriles is 1. The van der Waals surface area contributed by atoms with Crippen LogP contribution in [0, 0.1) is 18.3 Å².